The van der Waals surface area contributed by atoms with E-state index in [0.29, 0.717) is 27.4 Å². The first kappa shape index (κ1) is 21.6. The number of pyridine rings is 1. The lowest BCUT2D eigenvalue weighted by atomic mass is 9.90. The minimum atomic E-state index is -2.46. The van der Waals surface area contributed by atoms with Crippen LogP contribution in [0.25, 0.3) is 11.1 Å². The summed E-state index contributed by atoms with van der Waals surface area (Å²) < 4.78 is 39.7. The van der Waals surface area contributed by atoms with Crippen LogP contribution in [0, 0.1) is 5.82 Å². The minimum absolute atomic E-state index is 0.160. The number of aliphatic imine (C=N–C) groups is 1. The molecule has 9 heteroatoms. The minimum Gasteiger partial charge on any atom is -0.760 e. The van der Waals surface area contributed by atoms with Crippen LogP contribution in [0.1, 0.15) is 35.2 Å². The fraction of sp³-hybridized carbons (Fsp3) is 0.182. The Balaban J connectivity index is 1.99. The number of hydrogen-bond donors (Lipinski definition) is 1. The number of aryl methyl sites for hydroxylation is 1. The van der Waals surface area contributed by atoms with Crippen LogP contribution >= 0.6 is 11.6 Å². The number of nitrogens with zero attached hydrogens (tertiary/aromatic N) is 2. The summed E-state index contributed by atoms with van der Waals surface area (Å²) in [5.74, 6) is -0.358. The summed E-state index contributed by atoms with van der Waals surface area (Å²) in [5.41, 5.74) is 4.76. The number of aromatic nitrogens is 1. The van der Waals surface area contributed by atoms with E-state index in [2.05, 4.69) is 4.72 Å². The predicted octanol–water partition coefficient (Wildman–Crippen LogP) is 3.64. The highest BCUT2D eigenvalue weighted by Gasteiger charge is 2.23. The lowest BCUT2D eigenvalue weighted by Crippen LogP contribution is -2.21. The number of benzene rings is 2. The van der Waals surface area contributed by atoms with Crippen molar-refractivity contribution in [2.45, 2.75) is 19.5 Å². The molecule has 2 unspecified atom stereocenters. The van der Waals surface area contributed by atoms with Crippen molar-refractivity contribution in [2.24, 2.45) is 12.0 Å². The molecule has 2 atom stereocenters. The van der Waals surface area contributed by atoms with Crippen LogP contribution in [0.5, 0.6) is 0 Å². The van der Waals surface area contributed by atoms with Crippen molar-refractivity contribution in [1.29, 1.82) is 0 Å². The number of rotatable bonds is 4. The van der Waals surface area contributed by atoms with E-state index in [1.807, 2.05) is 6.07 Å². The van der Waals surface area contributed by atoms with Gasteiger partial charge < -0.3 is 9.12 Å². The Labute approximate surface area is 185 Å². The van der Waals surface area contributed by atoms with E-state index in [4.69, 9.17) is 16.6 Å². The highest BCUT2D eigenvalue weighted by atomic mass is 35.5. The van der Waals surface area contributed by atoms with Gasteiger partial charge in [-0.1, -0.05) is 11.6 Å². The monoisotopic (exact) mass is 458 g/mol. The number of hydrogen-bond acceptors (Lipinski definition) is 4. The van der Waals surface area contributed by atoms with Gasteiger partial charge in [-0.3, -0.25) is 14.0 Å². The number of fused-ring (bicyclic) bond motifs is 3. The van der Waals surface area contributed by atoms with E-state index in [0.717, 1.165) is 16.7 Å². The van der Waals surface area contributed by atoms with E-state index < -0.39 is 17.3 Å². The molecule has 1 N–H and O–H groups in total. The molecule has 0 bridgehead atoms. The summed E-state index contributed by atoms with van der Waals surface area (Å²) >= 11 is 4.08. The average molecular weight is 459 g/mol. The molecule has 4 rings (SSSR count). The van der Waals surface area contributed by atoms with Crippen molar-refractivity contribution in [3.63, 3.8) is 0 Å². The molecule has 0 radical (unpaired) electrons. The van der Waals surface area contributed by atoms with Gasteiger partial charge in [-0.15, -0.1) is 0 Å². The zero-order valence-corrected chi connectivity index (χ0v) is 18.3. The fourth-order valence-electron chi connectivity index (χ4n) is 3.69. The van der Waals surface area contributed by atoms with Gasteiger partial charge in [0.05, 0.1) is 12.3 Å². The molecule has 2 aromatic carbocycles. The Morgan fingerprint density at radius 3 is 2.58 bits per heavy atom. The van der Waals surface area contributed by atoms with Crippen LogP contribution in [-0.4, -0.2) is 19.0 Å². The maximum atomic E-state index is 13.5. The maximum absolute atomic E-state index is 13.5. The van der Waals surface area contributed by atoms with Crippen molar-refractivity contribution in [1.82, 2.24) is 9.29 Å². The van der Waals surface area contributed by atoms with E-state index in [1.54, 1.807) is 44.4 Å². The molecule has 0 saturated carbocycles. The van der Waals surface area contributed by atoms with E-state index in [9.17, 15) is 17.9 Å². The topological polar surface area (TPSA) is 86.5 Å². The summed E-state index contributed by atoms with van der Waals surface area (Å²) in [5, 5.41) is 0.368. The van der Waals surface area contributed by atoms with Crippen LogP contribution in [0.4, 0.5) is 4.39 Å². The molecule has 0 spiro atoms. The zero-order chi connectivity index (χ0) is 22.3. The first-order valence-corrected chi connectivity index (χ1v) is 10.9. The van der Waals surface area contributed by atoms with Gasteiger partial charge in [-0.2, -0.15) is 0 Å². The van der Waals surface area contributed by atoms with Crippen LogP contribution in [0.3, 0.4) is 0 Å². The van der Waals surface area contributed by atoms with Gasteiger partial charge in [0.2, 0.25) is 0 Å². The standard InChI is InChI=1S/C22H19ClFN3O3S/c1-12(26-31(29)30)16-8-17-18(9-20(16)23)22(13-3-5-15(24)6-4-13)25-10-14-7-21(28)27(2)11-19(14)17/h3-9,11-12,26H,10H2,1-2H3,(H,29,30)/p-1. The summed E-state index contributed by atoms with van der Waals surface area (Å²) in [6, 6.07) is 10.5. The molecule has 0 amide bonds. The molecule has 0 aliphatic carbocycles. The molecular weight excluding hydrogens is 441 g/mol. The summed E-state index contributed by atoms with van der Waals surface area (Å²) in [4.78, 5) is 16.9. The van der Waals surface area contributed by atoms with Crippen LogP contribution in [-0.2, 0) is 24.9 Å². The summed E-state index contributed by atoms with van der Waals surface area (Å²) in [7, 11) is 1.66. The highest BCUT2D eigenvalue weighted by Crippen LogP contribution is 2.37. The smallest absolute Gasteiger partial charge is 0.250 e. The molecule has 1 aliphatic rings. The highest BCUT2D eigenvalue weighted by molar-refractivity contribution is 7.77. The van der Waals surface area contributed by atoms with Crippen LogP contribution in [0.15, 0.2) is 58.4 Å². The van der Waals surface area contributed by atoms with E-state index >= 15 is 0 Å². The molecule has 1 aliphatic heterocycles. The predicted molar refractivity (Wildman–Crippen MR) is 118 cm³/mol. The average Bonchev–Trinajstić information content (AvgIpc) is 2.85. The van der Waals surface area contributed by atoms with Crippen molar-refractivity contribution < 1.29 is 13.2 Å². The molecule has 160 valence electrons. The molecule has 2 heterocycles. The first-order valence-electron chi connectivity index (χ1n) is 9.44. The van der Waals surface area contributed by atoms with Gasteiger partial charge in [0.25, 0.3) is 5.56 Å². The first-order chi connectivity index (χ1) is 14.7. The van der Waals surface area contributed by atoms with Crippen molar-refractivity contribution in [3.8, 4) is 11.1 Å². The Morgan fingerprint density at radius 2 is 1.90 bits per heavy atom. The molecule has 0 fully saturated rings. The second-order valence-corrected chi connectivity index (χ2v) is 8.44. The summed E-state index contributed by atoms with van der Waals surface area (Å²) in [6.07, 6.45) is 1.74. The molecule has 1 aromatic heterocycles. The molecule has 0 saturated heterocycles. The zero-order valence-electron chi connectivity index (χ0n) is 16.7. The van der Waals surface area contributed by atoms with E-state index in [-0.39, 0.29) is 17.9 Å². The largest absolute Gasteiger partial charge is 0.760 e. The lowest BCUT2D eigenvalue weighted by Gasteiger charge is -2.21. The Hall–Kier alpha value is -2.65. The quantitative estimate of drug-likeness (QED) is 0.605. The van der Waals surface area contributed by atoms with Crippen LogP contribution < -0.4 is 10.3 Å². The van der Waals surface area contributed by atoms with Gasteiger partial charge in [0.1, 0.15) is 5.82 Å². The van der Waals surface area contributed by atoms with Crippen molar-refractivity contribution in [2.75, 3.05) is 0 Å². The third kappa shape index (κ3) is 4.24. The second kappa shape index (κ2) is 8.47. The Bertz CT molecular complexity index is 1290. The third-order valence-electron chi connectivity index (χ3n) is 5.26. The van der Waals surface area contributed by atoms with Gasteiger partial charge in [-0.05, 0) is 60.0 Å². The van der Waals surface area contributed by atoms with Crippen LogP contribution in [0.2, 0.25) is 5.02 Å². The van der Waals surface area contributed by atoms with E-state index in [1.165, 1.54) is 16.7 Å². The maximum Gasteiger partial charge on any atom is 0.250 e. The second-order valence-electron chi connectivity index (χ2n) is 7.33. The Morgan fingerprint density at radius 1 is 1.19 bits per heavy atom. The van der Waals surface area contributed by atoms with Crippen molar-refractivity contribution >= 4 is 28.6 Å². The SMILES string of the molecule is CC(NS(=O)[O-])c1cc2c(cc1Cl)C(c1ccc(F)cc1)=NCc1cc(=O)n(C)cc1-2. The molecular formula is C22H18ClFN3O3S-. The Kier molecular flexibility index (Phi) is 5.90. The lowest BCUT2D eigenvalue weighted by molar-refractivity contribution is 0.512. The number of nitrogens with one attached hydrogen (secondary N) is 1. The van der Waals surface area contributed by atoms with Gasteiger partial charge in [0, 0.05) is 58.3 Å². The third-order valence-corrected chi connectivity index (χ3v) is 6.13. The molecule has 31 heavy (non-hydrogen) atoms. The normalized spacial score (nSPS) is 14.8. The fourth-order valence-corrected chi connectivity index (χ4v) is 4.44. The molecule has 3 aromatic rings. The molecule has 6 nitrogen and oxygen atoms in total. The summed E-state index contributed by atoms with van der Waals surface area (Å²) in [6.45, 7) is 1.95. The van der Waals surface area contributed by atoms with Crippen molar-refractivity contribution in [3.05, 3.63) is 92.1 Å². The van der Waals surface area contributed by atoms with Gasteiger partial charge in [-0.25, -0.2) is 9.11 Å². The van der Waals surface area contributed by atoms with Gasteiger partial charge >= 0.3 is 0 Å². The number of halogens is 2. The van der Waals surface area contributed by atoms with Gasteiger partial charge in [0.15, 0.2) is 0 Å².